The van der Waals surface area contributed by atoms with Crippen LogP contribution in [0.1, 0.15) is 72.4 Å². The molecule has 0 aliphatic heterocycles. The third-order valence-corrected chi connectivity index (χ3v) is 5.77. The van der Waals surface area contributed by atoms with E-state index in [4.69, 9.17) is 4.74 Å². The Kier molecular flexibility index (Phi) is 9.05. The summed E-state index contributed by atoms with van der Waals surface area (Å²) in [6.07, 6.45) is 7.32. The Morgan fingerprint density at radius 2 is 1.46 bits per heavy atom. The average molecular weight is 383 g/mol. The van der Waals surface area contributed by atoms with Crippen LogP contribution < -0.4 is 4.74 Å². The molecule has 2 aromatic carbocycles. The van der Waals surface area contributed by atoms with E-state index in [1.807, 2.05) is 12.1 Å². The van der Waals surface area contributed by atoms with Crippen LogP contribution >= 0.6 is 0 Å². The lowest BCUT2D eigenvalue weighted by Crippen LogP contribution is -2.09. The molecule has 0 saturated carbocycles. The second kappa shape index (κ2) is 11.3. The fourth-order valence-electron chi connectivity index (χ4n) is 4.01. The van der Waals surface area contributed by atoms with Gasteiger partial charge in [0, 0.05) is 0 Å². The number of hydrogen-bond acceptors (Lipinski definition) is 2. The normalized spacial score (nSPS) is 12.2. The molecule has 0 spiro atoms. The van der Waals surface area contributed by atoms with E-state index in [1.165, 1.54) is 48.8 Å². The van der Waals surface area contributed by atoms with Crippen LogP contribution in [0.15, 0.2) is 30.3 Å². The number of aryl methyl sites for hydroxylation is 4. The van der Waals surface area contributed by atoms with E-state index in [1.54, 1.807) is 0 Å². The van der Waals surface area contributed by atoms with Gasteiger partial charge in [0.05, 0.1) is 13.2 Å². The monoisotopic (exact) mass is 382 g/mol. The molecule has 0 aromatic heterocycles. The summed E-state index contributed by atoms with van der Waals surface area (Å²) < 4.78 is 6.13. The SMILES string of the molecule is CCCC[C@H](CCCOc1c(C)cc(CO)cc1C)Cc1ccc(C)c(C)c1. The third-order valence-electron chi connectivity index (χ3n) is 5.77. The van der Waals surface area contributed by atoms with Crippen molar-refractivity contribution < 1.29 is 9.84 Å². The van der Waals surface area contributed by atoms with Gasteiger partial charge in [0.15, 0.2) is 0 Å². The number of rotatable bonds is 11. The van der Waals surface area contributed by atoms with Crippen molar-refractivity contribution in [2.24, 2.45) is 5.92 Å². The highest BCUT2D eigenvalue weighted by atomic mass is 16.5. The van der Waals surface area contributed by atoms with Gasteiger partial charge in [-0.3, -0.25) is 0 Å². The van der Waals surface area contributed by atoms with Crippen LogP contribution in [-0.2, 0) is 13.0 Å². The zero-order valence-electron chi connectivity index (χ0n) is 18.5. The van der Waals surface area contributed by atoms with Gasteiger partial charge in [0.1, 0.15) is 5.75 Å². The van der Waals surface area contributed by atoms with E-state index < -0.39 is 0 Å². The largest absolute Gasteiger partial charge is 0.493 e. The lowest BCUT2D eigenvalue weighted by atomic mass is 9.89. The minimum atomic E-state index is 0.0829. The lowest BCUT2D eigenvalue weighted by Gasteiger charge is -2.19. The number of benzene rings is 2. The second-order valence-corrected chi connectivity index (χ2v) is 8.34. The number of ether oxygens (including phenoxy) is 1. The van der Waals surface area contributed by atoms with Gasteiger partial charge in [0.25, 0.3) is 0 Å². The molecule has 154 valence electrons. The molecule has 1 N–H and O–H groups in total. The van der Waals surface area contributed by atoms with Crippen molar-refractivity contribution in [3.8, 4) is 5.75 Å². The summed E-state index contributed by atoms with van der Waals surface area (Å²) in [5.74, 6) is 1.71. The minimum Gasteiger partial charge on any atom is -0.493 e. The second-order valence-electron chi connectivity index (χ2n) is 8.34. The Morgan fingerprint density at radius 3 is 2.07 bits per heavy atom. The molecule has 0 unspecified atom stereocenters. The van der Waals surface area contributed by atoms with Crippen molar-refractivity contribution in [3.05, 3.63) is 63.7 Å². The number of unbranched alkanes of at least 4 members (excludes halogenated alkanes) is 1. The molecule has 2 nitrogen and oxygen atoms in total. The Labute approximate surface area is 172 Å². The molecule has 0 radical (unpaired) electrons. The molecule has 0 amide bonds. The predicted molar refractivity (Wildman–Crippen MR) is 119 cm³/mol. The summed E-state index contributed by atoms with van der Waals surface area (Å²) in [6, 6.07) is 11.0. The van der Waals surface area contributed by atoms with E-state index in [-0.39, 0.29) is 6.61 Å². The van der Waals surface area contributed by atoms with E-state index in [9.17, 15) is 5.11 Å². The van der Waals surface area contributed by atoms with Gasteiger partial charge >= 0.3 is 0 Å². The van der Waals surface area contributed by atoms with Crippen LogP contribution in [-0.4, -0.2) is 11.7 Å². The summed E-state index contributed by atoms with van der Waals surface area (Å²) in [5, 5.41) is 9.34. The number of aliphatic hydroxyl groups is 1. The molecule has 1 atom stereocenters. The van der Waals surface area contributed by atoms with Crippen LogP contribution in [0.3, 0.4) is 0 Å². The molecule has 0 aliphatic rings. The molecule has 2 aromatic rings. The maximum Gasteiger partial charge on any atom is 0.125 e. The van der Waals surface area contributed by atoms with E-state index in [0.29, 0.717) is 0 Å². The lowest BCUT2D eigenvalue weighted by molar-refractivity contribution is 0.277. The highest BCUT2D eigenvalue weighted by Crippen LogP contribution is 2.26. The molecule has 28 heavy (non-hydrogen) atoms. The third kappa shape index (κ3) is 6.67. The molecular formula is C26H38O2. The van der Waals surface area contributed by atoms with Gasteiger partial charge in [-0.1, -0.05) is 56.5 Å². The van der Waals surface area contributed by atoms with Crippen LogP contribution in [0, 0.1) is 33.6 Å². The fraction of sp³-hybridized carbons (Fsp3) is 0.538. The van der Waals surface area contributed by atoms with E-state index >= 15 is 0 Å². The first kappa shape index (κ1) is 22.5. The topological polar surface area (TPSA) is 29.5 Å². The van der Waals surface area contributed by atoms with Crippen molar-refractivity contribution in [2.75, 3.05) is 6.61 Å². The van der Waals surface area contributed by atoms with Gasteiger partial charge in [-0.25, -0.2) is 0 Å². The average Bonchev–Trinajstić information content (AvgIpc) is 2.67. The van der Waals surface area contributed by atoms with Crippen molar-refractivity contribution in [2.45, 2.75) is 79.8 Å². The highest BCUT2D eigenvalue weighted by Gasteiger charge is 2.11. The molecule has 0 saturated heterocycles. The fourth-order valence-corrected chi connectivity index (χ4v) is 4.01. The summed E-state index contributed by atoms with van der Waals surface area (Å²) in [6.45, 7) is 11.6. The number of aliphatic hydroxyl groups excluding tert-OH is 1. The molecule has 0 bridgehead atoms. The summed E-state index contributed by atoms with van der Waals surface area (Å²) >= 11 is 0. The molecule has 0 aliphatic carbocycles. The zero-order chi connectivity index (χ0) is 20.5. The first-order chi connectivity index (χ1) is 13.4. The van der Waals surface area contributed by atoms with Crippen LogP contribution in [0.2, 0.25) is 0 Å². The molecule has 2 rings (SSSR count). The van der Waals surface area contributed by atoms with Crippen LogP contribution in [0.5, 0.6) is 5.75 Å². The molecule has 0 fully saturated rings. The maximum absolute atomic E-state index is 9.34. The highest BCUT2D eigenvalue weighted by molar-refractivity contribution is 5.43. The van der Waals surface area contributed by atoms with E-state index in [0.717, 1.165) is 41.4 Å². The van der Waals surface area contributed by atoms with E-state index in [2.05, 4.69) is 52.8 Å². The molecule has 2 heteroatoms. The molecular weight excluding hydrogens is 344 g/mol. The predicted octanol–water partition coefficient (Wildman–Crippen LogP) is 6.62. The molecule has 0 heterocycles. The van der Waals surface area contributed by atoms with Gasteiger partial charge in [-0.05, 0) is 86.3 Å². The summed E-state index contributed by atoms with van der Waals surface area (Å²) in [4.78, 5) is 0. The minimum absolute atomic E-state index is 0.0829. The van der Waals surface area contributed by atoms with Gasteiger partial charge in [-0.15, -0.1) is 0 Å². The van der Waals surface area contributed by atoms with Gasteiger partial charge in [0.2, 0.25) is 0 Å². The first-order valence-electron chi connectivity index (χ1n) is 10.8. The smallest absolute Gasteiger partial charge is 0.125 e. The first-order valence-corrected chi connectivity index (χ1v) is 10.8. The van der Waals surface area contributed by atoms with Crippen molar-refractivity contribution in [1.82, 2.24) is 0 Å². The van der Waals surface area contributed by atoms with Crippen LogP contribution in [0.4, 0.5) is 0 Å². The maximum atomic E-state index is 9.34. The Bertz CT molecular complexity index is 725. The Morgan fingerprint density at radius 1 is 0.821 bits per heavy atom. The quantitative estimate of drug-likeness (QED) is 0.442. The van der Waals surface area contributed by atoms with Crippen molar-refractivity contribution >= 4 is 0 Å². The van der Waals surface area contributed by atoms with Crippen molar-refractivity contribution in [1.29, 1.82) is 0 Å². The Balaban J connectivity index is 1.90. The van der Waals surface area contributed by atoms with Gasteiger partial charge in [-0.2, -0.15) is 0 Å². The summed E-state index contributed by atoms with van der Waals surface area (Å²) in [5.41, 5.74) is 7.42. The Hall–Kier alpha value is -1.80. The summed E-state index contributed by atoms with van der Waals surface area (Å²) in [7, 11) is 0. The van der Waals surface area contributed by atoms with Crippen molar-refractivity contribution in [3.63, 3.8) is 0 Å². The van der Waals surface area contributed by atoms with Crippen LogP contribution in [0.25, 0.3) is 0 Å². The standard InChI is InChI=1S/C26H38O2/c1-6-7-9-23(17-24-12-11-19(2)20(3)14-24)10-8-13-28-26-21(4)15-25(18-27)16-22(26)5/h11-12,14-16,23,27H,6-10,13,17-18H2,1-5H3/t23-/m1/s1. The zero-order valence-corrected chi connectivity index (χ0v) is 18.5. The van der Waals surface area contributed by atoms with Gasteiger partial charge < -0.3 is 9.84 Å². The number of hydrogen-bond donors (Lipinski definition) is 1.